The Bertz CT molecular complexity index is 932. The molecule has 7 nitrogen and oxygen atoms in total. The first-order valence-corrected chi connectivity index (χ1v) is 9.22. The average molecular weight is 404 g/mol. The summed E-state index contributed by atoms with van der Waals surface area (Å²) in [4.78, 5) is 26.4. The summed E-state index contributed by atoms with van der Waals surface area (Å²) >= 11 is 6.27. The van der Waals surface area contributed by atoms with Crippen molar-refractivity contribution in [3.05, 3.63) is 52.0 Å². The lowest BCUT2D eigenvalue weighted by Gasteiger charge is -2.28. The Balaban J connectivity index is 2.04. The van der Waals surface area contributed by atoms with E-state index in [1.807, 2.05) is 6.92 Å². The Morgan fingerprint density at radius 1 is 1.29 bits per heavy atom. The summed E-state index contributed by atoms with van der Waals surface area (Å²) in [7, 11) is 1.55. The minimum atomic E-state index is -0.585. The van der Waals surface area contributed by atoms with Gasteiger partial charge < -0.3 is 25.8 Å². The number of benzene rings is 2. The van der Waals surface area contributed by atoms with Crippen molar-refractivity contribution in [2.24, 2.45) is 5.73 Å². The van der Waals surface area contributed by atoms with Gasteiger partial charge in [-0.15, -0.1) is 0 Å². The van der Waals surface area contributed by atoms with Crippen molar-refractivity contribution in [2.75, 3.05) is 19.5 Å². The maximum absolute atomic E-state index is 13.1. The molecule has 0 bridgehead atoms. The van der Waals surface area contributed by atoms with Crippen molar-refractivity contribution in [1.82, 2.24) is 4.90 Å². The Morgan fingerprint density at radius 3 is 2.64 bits per heavy atom. The monoisotopic (exact) mass is 403 g/mol. The average Bonchev–Trinajstić information content (AvgIpc) is 3.01. The van der Waals surface area contributed by atoms with Crippen molar-refractivity contribution in [2.45, 2.75) is 25.9 Å². The molecule has 28 heavy (non-hydrogen) atoms. The third kappa shape index (κ3) is 3.57. The van der Waals surface area contributed by atoms with Gasteiger partial charge in [-0.1, -0.05) is 17.7 Å². The summed E-state index contributed by atoms with van der Waals surface area (Å²) in [6.07, 6.45) is -0.0465. The van der Waals surface area contributed by atoms with Crippen LogP contribution >= 0.6 is 11.6 Å². The summed E-state index contributed by atoms with van der Waals surface area (Å²) < 4.78 is 10.9. The van der Waals surface area contributed by atoms with E-state index in [0.29, 0.717) is 45.5 Å². The quantitative estimate of drug-likeness (QED) is 0.691. The van der Waals surface area contributed by atoms with Crippen molar-refractivity contribution < 1.29 is 19.1 Å². The van der Waals surface area contributed by atoms with E-state index in [1.165, 1.54) is 0 Å². The molecule has 2 amide bonds. The number of nitrogens with zero attached hydrogens (tertiary/aromatic N) is 1. The molecule has 1 aliphatic rings. The second-order valence-corrected chi connectivity index (χ2v) is 6.86. The molecular formula is C20H22ClN3O4. The molecule has 1 heterocycles. The fraction of sp³-hybridized carbons (Fsp3) is 0.300. The molecule has 2 aromatic carbocycles. The second-order valence-electron chi connectivity index (χ2n) is 6.45. The molecule has 3 rings (SSSR count). The first kappa shape index (κ1) is 19.8. The molecule has 4 N–H and O–H groups in total. The van der Waals surface area contributed by atoms with Gasteiger partial charge in [-0.2, -0.15) is 0 Å². The highest BCUT2D eigenvalue weighted by Crippen LogP contribution is 2.40. The molecule has 0 aromatic heterocycles. The second kappa shape index (κ2) is 7.98. The lowest BCUT2D eigenvalue weighted by Crippen LogP contribution is -2.32. The van der Waals surface area contributed by atoms with Crippen LogP contribution in [0.2, 0.25) is 5.02 Å². The van der Waals surface area contributed by atoms with Gasteiger partial charge in [0, 0.05) is 22.8 Å². The van der Waals surface area contributed by atoms with Crippen LogP contribution in [0.25, 0.3) is 0 Å². The molecule has 2 aromatic rings. The predicted molar refractivity (Wildman–Crippen MR) is 106 cm³/mol. The van der Waals surface area contributed by atoms with Crippen molar-refractivity contribution in [3.8, 4) is 11.5 Å². The van der Waals surface area contributed by atoms with Crippen LogP contribution in [0.1, 0.15) is 40.9 Å². The molecule has 0 saturated heterocycles. The zero-order valence-electron chi connectivity index (χ0n) is 15.7. The van der Waals surface area contributed by atoms with Gasteiger partial charge in [-0.3, -0.25) is 9.59 Å². The highest BCUT2D eigenvalue weighted by atomic mass is 35.5. The zero-order chi connectivity index (χ0) is 20.4. The normalized spacial score (nSPS) is 14.0. The third-order valence-corrected chi connectivity index (χ3v) is 5.09. The van der Waals surface area contributed by atoms with Gasteiger partial charge in [-0.05, 0) is 36.8 Å². The molecule has 0 saturated carbocycles. The number of nitrogen functional groups attached to an aromatic ring is 1. The van der Waals surface area contributed by atoms with E-state index in [4.69, 9.17) is 32.5 Å². The standard InChI is InChI=1S/C20H22ClN3O4/c1-3-28-17-8-11(4-7-16(17)27-2)15(9-18(23)25)24-10-12-13(21)5-6-14(22)19(12)20(24)26/h4-8,15H,3,9-10,22H2,1-2H3,(H2,23,25). The number of methoxy groups -OCH3 is 1. The number of carbonyl (C=O) groups excluding carboxylic acids is 2. The third-order valence-electron chi connectivity index (χ3n) is 4.73. The lowest BCUT2D eigenvalue weighted by molar-refractivity contribution is -0.119. The number of fused-ring (bicyclic) bond motifs is 1. The summed E-state index contributed by atoms with van der Waals surface area (Å²) in [5.41, 5.74) is 13.6. The molecule has 1 unspecified atom stereocenters. The predicted octanol–water partition coefficient (Wildman–Crippen LogP) is 2.90. The fourth-order valence-corrected chi connectivity index (χ4v) is 3.67. The van der Waals surface area contributed by atoms with Gasteiger partial charge in [0.15, 0.2) is 11.5 Å². The SMILES string of the molecule is CCOc1cc(C(CC(N)=O)N2Cc3c(Cl)ccc(N)c3C2=O)ccc1OC. The van der Waals surface area contributed by atoms with E-state index in [2.05, 4.69) is 0 Å². The van der Waals surface area contributed by atoms with Crippen LogP contribution in [0, 0.1) is 0 Å². The number of halogens is 1. The Labute approximate surface area is 168 Å². The van der Waals surface area contributed by atoms with Gasteiger partial charge in [0.25, 0.3) is 5.91 Å². The van der Waals surface area contributed by atoms with Crippen LogP contribution in [0.5, 0.6) is 11.5 Å². The minimum Gasteiger partial charge on any atom is -0.493 e. The number of rotatable bonds is 7. The van der Waals surface area contributed by atoms with Crippen LogP contribution in [0.4, 0.5) is 5.69 Å². The van der Waals surface area contributed by atoms with Crippen molar-refractivity contribution in [3.63, 3.8) is 0 Å². The molecule has 148 valence electrons. The molecule has 0 aliphatic carbocycles. The number of hydrogen-bond acceptors (Lipinski definition) is 5. The highest BCUT2D eigenvalue weighted by Gasteiger charge is 2.37. The summed E-state index contributed by atoms with van der Waals surface area (Å²) in [5.74, 6) is 0.280. The summed E-state index contributed by atoms with van der Waals surface area (Å²) in [6, 6.07) is 7.97. The smallest absolute Gasteiger partial charge is 0.257 e. The number of carbonyl (C=O) groups is 2. The molecule has 0 fully saturated rings. The largest absolute Gasteiger partial charge is 0.493 e. The van der Waals surface area contributed by atoms with E-state index in [1.54, 1.807) is 42.3 Å². The number of anilines is 1. The van der Waals surface area contributed by atoms with E-state index in [9.17, 15) is 9.59 Å². The van der Waals surface area contributed by atoms with E-state index in [-0.39, 0.29) is 18.9 Å². The van der Waals surface area contributed by atoms with E-state index < -0.39 is 11.9 Å². The van der Waals surface area contributed by atoms with E-state index >= 15 is 0 Å². The molecule has 0 spiro atoms. The van der Waals surface area contributed by atoms with Crippen molar-refractivity contribution in [1.29, 1.82) is 0 Å². The summed E-state index contributed by atoms with van der Waals surface area (Å²) in [5, 5.41) is 0.461. The maximum atomic E-state index is 13.1. The fourth-order valence-electron chi connectivity index (χ4n) is 3.45. The Morgan fingerprint density at radius 2 is 2.04 bits per heavy atom. The topological polar surface area (TPSA) is 108 Å². The number of ether oxygens (including phenoxy) is 2. The van der Waals surface area contributed by atoms with Gasteiger partial charge in [0.2, 0.25) is 5.91 Å². The van der Waals surface area contributed by atoms with Gasteiger partial charge in [0.1, 0.15) is 0 Å². The first-order chi connectivity index (χ1) is 13.4. The van der Waals surface area contributed by atoms with Crippen LogP contribution in [-0.2, 0) is 11.3 Å². The summed E-state index contributed by atoms with van der Waals surface area (Å²) in [6.45, 7) is 2.55. The lowest BCUT2D eigenvalue weighted by atomic mass is 10.0. The number of amides is 2. The molecule has 0 radical (unpaired) electrons. The zero-order valence-corrected chi connectivity index (χ0v) is 16.5. The number of nitrogens with two attached hydrogens (primary N) is 2. The van der Waals surface area contributed by atoms with E-state index in [0.717, 1.165) is 0 Å². The molecule has 1 aliphatic heterocycles. The van der Waals surface area contributed by atoms with Gasteiger partial charge >= 0.3 is 0 Å². The van der Waals surface area contributed by atoms with Gasteiger partial charge in [0.05, 0.1) is 31.7 Å². The van der Waals surface area contributed by atoms with Crippen LogP contribution in [0.15, 0.2) is 30.3 Å². The van der Waals surface area contributed by atoms with Crippen molar-refractivity contribution >= 4 is 29.1 Å². The van der Waals surface area contributed by atoms with Crippen LogP contribution in [0.3, 0.4) is 0 Å². The number of primary amides is 1. The van der Waals surface area contributed by atoms with Crippen LogP contribution in [-0.4, -0.2) is 30.4 Å². The molecule has 8 heteroatoms. The molecule has 1 atom stereocenters. The maximum Gasteiger partial charge on any atom is 0.257 e. The Hall–Kier alpha value is -2.93. The molecular weight excluding hydrogens is 382 g/mol. The minimum absolute atomic E-state index is 0.0465. The highest BCUT2D eigenvalue weighted by molar-refractivity contribution is 6.32. The van der Waals surface area contributed by atoms with Crippen LogP contribution < -0.4 is 20.9 Å². The first-order valence-electron chi connectivity index (χ1n) is 8.84. The number of hydrogen-bond donors (Lipinski definition) is 2. The van der Waals surface area contributed by atoms with Gasteiger partial charge in [-0.25, -0.2) is 0 Å². The Kier molecular flexibility index (Phi) is 5.65.